The van der Waals surface area contributed by atoms with E-state index in [1.165, 1.54) is 11.3 Å². The number of fused-ring (bicyclic) bond motifs is 1. The molecule has 3 rings (SSSR count). The second-order valence-corrected chi connectivity index (χ2v) is 5.65. The molecule has 2 heterocycles. The highest BCUT2D eigenvalue weighted by atomic mass is 127. The summed E-state index contributed by atoms with van der Waals surface area (Å²) in [6, 6.07) is 9.38. The molecule has 0 radical (unpaired) electrons. The average molecular weight is 354 g/mol. The van der Waals surface area contributed by atoms with E-state index in [1.807, 2.05) is 24.3 Å². The first-order valence-electron chi connectivity index (χ1n) is 4.94. The summed E-state index contributed by atoms with van der Waals surface area (Å²) in [6.45, 7) is 0. The summed E-state index contributed by atoms with van der Waals surface area (Å²) >= 11 is 3.62. The Bertz CT molecular complexity index is 663. The number of thiazole rings is 1. The smallest absolute Gasteiger partial charge is 0.143 e. The van der Waals surface area contributed by atoms with Gasteiger partial charge in [-0.25, -0.2) is 9.97 Å². The van der Waals surface area contributed by atoms with Crippen molar-refractivity contribution >= 4 is 44.3 Å². The number of benzene rings is 1. The fourth-order valence-corrected chi connectivity index (χ4v) is 2.78. The Morgan fingerprint density at radius 1 is 1.24 bits per heavy atom. The second kappa shape index (κ2) is 4.23. The third-order valence-electron chi connectivity index (χ3n) is 2.36. The van der Waals surface area contributed by atoms with E-state index in [9.17, 15) is 5.11 Å². The van der Waals surface area contributed by atoms with Gasteiger partial charge in [0.05, 0.1) is 3.57 Å². The number of phenols is 1. The summed E-state index contributed by atoms with van der Waals surface area (Å²) in [5.74, 6) is 0.287. The van der Waals surface area contributed by atoms with E-state index >= 15 is 0 Å². The molecule has 0 aliphatic rings. The molecule has 0 saturated carbocycles. The molecule has 3 nitrogen and oxygen atoms in total. The van der Waals surface area contributed by atoms with Crippen LogP contribution in [-0.4, -0.2) is 15.1 Å². The van der Waals surface area contributed by atoms with Crippen LogP contribution in [0, 0.1) is 3.57 Å². The lowest BCUT2D eigenvalue weighted by Gasteiger charge is -1.99. The highest BCUT2D eigenvalue weighted by Crippen LogP contribution is 2.32. The van der Waals surface area contributed by atoms with E-state index in [4.69, 9.17) is 0 Å². The minimum atomic E-state index is 0.287. The van der Waals surface area contributed by atoms with E-state index in [0.29, 0.717) is 0 Å². The van der Waals surface area contributed by atoms with E-state index in [0.717, 1.165) is 24.5 Å². The summed E-state index contributed by atoms with van der Waals surface area (Å²) in [5, 5.41) is 10.6. The van der Waals surface area contributed by atoms with Crippen LogP contribution in [0.15, 0.2) is 36.5 Å². The molecule has 0 spiro atoms. The highest BCUT2D eigenvalue weighted by Gasteiger charge is 2.08. The van der Waals surface area contributed by atoms with Gasteiger partial charge in [-0.05, 0) is 46.9 Å². The molecule has 3 aromatic rings. The molecule has 0 aliphatic carbocycles. The van der Waals surface area contributed by atoms with Gasteiger partial charge in [-0.3, -0.25) is 0 Å². The lowest BCUT2D eigenvalue weighted by atomic mass is 10.2. The van der Waals surface area contributed by atoms with Crippen LogP contribution < -0.4 is 0 Å². The number of halogens is 1. The largest absolute Gasteiger partial charge is 0.507 e. The Labute approximate surface area is 115 Å². The van der Waals surface area contributed by atoms with E-state index in [-0.39, 0.29) is 5.75 Å². The SMILES string of the molecule is Oc1cc(-c2nc3cccnc3s2)ccc1I. The minimum Gasteiger partial charge on any atom is -0.507 e. The molecule has 1 aromatic carbocycles. The van der Waals surface area contributed by atoms with Crippen molar-refractivity contribution in [1.29, 1.82) is 0 Å². The van der Waals surface area contributed by atoms with Crippen molar-refractivity contribution in [3.8, 4) is 16.3 Å². The van der Waals surface area contributed by atoms with Crippen LogP contribution in [0.1, 0.15) is 0 Å². The standard InChI is InChI=1S/C12H7IN2OS/c13-8-4-3-7(6-10(8)16)11-15-9-2-1-5-14-12(9)17-11/h1-6,16H. The van der Waals surface area contributed by atoms with Crippen LogP contribution in [-0.2, 0) is 0 Å². The molecule has 84 valence electrons. The van der Waals surface area contributed by atoms with Crippen molar-refractivity contribution in [2.24, 2.45) is 0 Å². The van der Waals surface area contributed by atoms with Crippen LogP contribution in [0.25, 0.3) is 20.9 Å². The van der Waals surface area contributed by atoms with Gasteiger partial charge in [0.1, 0.15) is 21.1 Å². The Morgan fingerprint density at radius 2 is 2.12 bits per heavy atom. The molecule has 0 amide bonds. The molecule has 2 aromatic heterocycles. The Morgan fingerprint density at radius 3 is 2.88 bits per heavy atom. The molecular weight excluding hydrogens is 347 g/mol. The van der Waals surface area contributed by atoms with Crippen molar-refractivity contribution in [3.63, 3.8) is 0 Å². The predicted octanol–water partition coefficient (Wildman–Crippen LogP) is 3.67. The summed E-state index contributed by atoms with van der Waals surface area (Å²) < 4.78 is 0.839. The Balaban J connectivity index is 2.17. The number of aromatic hydroxyl groups is 1. The van der Waals surface area contributed by atoms with Crippen LogP contribution in [0.4, 0.5) is 0 Å². The van der Waals surface area contributed by atoms with Gasteiger partial charge in [0.25, 0.3) is 0 Å². The van der Waals surface area contributed by atoms with Gasteiger partial charge in [0.2, 0.25) is 0 Å². The van der Waals surface area contributed by atoms with E-state index < -0.39 is 0 Å². The third kappa shape index (κ3) is 2.00. The topological polar surface area (TPSA) is 46.0 Å². The molecule has 0 unspecified atom stereocenters. The average Bonchev–Trinajstić information content (AvgIpc) is 2.76. The van der Waals surface area contributed by atoms with Crippen molar-refractivity contribution in [1.82, 2.24) is 9.97 Å². The van der Waals surface area contributed by atoms with E-state index in [2.05, 4.69) is 32.6 Å². The molecule has 0 bridgehead atoms. The molecule has 17 heavy (non-hydrogen) atoms. The summed E-state index contributed by atoms with van der Waals surface area (Å²) in [7, 11) is 0. The first-order valence-corrected chi connectivity index (χ1v) is 6.84. The third-order valence-corrected chi connectivity index (χ3v) is 4.30. The fraction of sp³-hybridized carbons (Fsp3) is 0. The fourth-order valence-electron chi connectivity index (χ4n) is 1.54. The normalized spacial score (nSPS) is 10.9. The Hall–Kier alpha value is -1.21. The maximum absolute atomic E-state index is 9.69. The van der Waals surface area contributed by atoms with Crippen molar-refractivity contribution in [2.45, 2.75) is 0 Å². The molecular formula is C12H7IN2OS. The number of phenolic OH excluding ortho intramolecular Hbond substituents is 1. The maximum Gasteiger partial charge on any atom is 0.143 e. The Kier molecular flexibility index (Phi) is 2.71. The zero-order chi connectivity index (χ0) is 11.8. The summed E-state index contributed by atoms with van der Waals surface area (Å²) in [4.78, 5) is 9.67. The van der Waals surface area contributed by atoms with Crippen molar-refractivity contribution in [2.75, 3.05) is 0 Å². The van der Waals surface area contributed by atoms with Crippen LogP contribution in [0.2, 0.25) is 0 Å². The summed E-state index contributed by atoms with van der Waals surface area (Å²) in [6.07, 6.45) is 1.76. The quantitative estimate of drug-likeness (QED) is 0.679. The van der Waals surface area contributed by atoms with Crippen molar-refractivity contribution < 1.29 is 5.11 Å². The number of hydrogen-bond acceptors (Lipinski definition) is 4. The van der Waals surface area contributed by atoms with E-state index in [1.54, 1.807) is 12.3 Å². The lowest BCUT2D eigenvalue weighted by Crippen LogP contribution is -1.78. The van der Waals surface area contributed by atoms with Gasteiger partial charge < -0.3 is 5.11 Å². The summed E-state index contributed by atoms with van der Waals surface area (Å²) in [5.41, 5.74) is 1.82. The van der Waals surface area contributed by atoms with Gasteiger partial charge in [0, 0.05) is 11.8 Å². The minimum absolute atomic E-state index is 0.287. The second-order valence-electron chi connectivity index (χ2n) is 3.51. The first kappa shape index (κ1) is 10.9. The molecule has 5 heteroatoms. The van der Waals surface area contributed by atoms with Crippen LogP contribution in [0.5, 0.6) is 5.75 Å². The van der Waals surface area contributed by atoms with Gasteiger partial charge in [-0.2, -0.15) is 0 Å². The molecule has 1 N–H and O–H groups in total. The predicted molar refractivity (Wildman–Crippen MR) is 77.2 cm³/mol. The van der Waals surface area contributed by atoms with Crippen LogP contribution >= 0.6 is 33.9 Å². The lowest BCUT2D eigenvalue weighted by molar-refractivity contribution is 0.472. The number of nitrogens with zero attached hydrogens (tertiary/aromatic N) is 2. The monoisotopic (exact) mass is 354 g/mol. The number of pyridine rings is 1. The number of aromatic nitrogens is 2. The van der Waals surface area contributed by atoms with Crippen LogP contribution in [0.3, 0.4) is 0 Å². The molecule has 0 saturated heterocycles. The van der Waals surface area contributed by atoms with Gasteiger partial charge in [0.15, 0.2) is 0 Å². The van der Waals surface area contributed by atoms with Gasteiger partial charge in [-0.15, -0.1) is 0 Å². The zero-order valence-corrected chi connectivity index (χ0v) is 11.6. The first-order chi connectivity index (χ1) is 8.24. The van der Waals surface area contributed by atoms with Gasteiger partial charge >= 0.3 is 0 Å². The molecule has 0 aliphatic heterocycles. The molecule has 0 atom stereocenters. The highest BCUT2D eigenvalue weighted by molar-refractivity contribution is 14.1. The number of hydrogen-bond donors (Lipinski definition) is 1. The molecule has 0 fully saturated rings. The van der Waals surface area contributed by atoms with Gasteiger partial charge in [-0.1, -0.05) is 17.4 Å². The number of rotatable bonds is 1. The van der Waals surface area contributed by atoms with Crippen molar-refractivity contribution in [3.05, 3.63) is 40.1 Å². The zero-order valence-electron chi connectivity index (χ0n) is 8.59. The maximum atomic E-state index is 9.69.